The van der Waals surface area contributed by atoms with Gasteiger partial charge in [-0.15, -0.1) is 0 Å². The highest BCUT2D eigenvalue weighted by molar-refractivity contribution is 5.92. The average molecular weight is 373 g/mol. The lowest BCUT2D eigenvalue weighted by atomic mass is 9.95. The number of rotatable bonds is 8. The Hall–Kier alpha value is -2.77. The lowest BCUT2D eigenvalue weighted by Gasteiger charge is -2.27. The number of nitrogens with one attached hydrogen (secondary N) is 1. The highest BCUT2D eigenvalue weighted by Gasteiger charge is 2.36. The number of halogens is 1. The van der Waals surface area contributed by atoms with E-state index in [4.69, 9.17) is 4.74 Å². The standard InChI is InChI=1S/C19H24FN5O2/c1-3-4-5-6-9-12-27-18(26)16-13(2)21-19-22-23-24-25(19)17(16)14-10-7-8-11-15(14)20/h7-8,10-11,17H,3-6,9,12H2,1-2H3,(H,21,22,24)/t17-/m0/s1. The minimum atomic E-state index is -0.773. The number of fused-ring (bicyclic) bond motifs is 1. The van der Waals surface area contributed by atoms with E-state index in [1.54, 1.807) is 25.1 Å². The van der Waals surface area contributed by atoms with Gasteiger partial charge in [-0.3, -0.25) is 0 Å². The van der Waals surface area contributed by atoms with Crippen molar-refractivity contribution in [3.63, 3.8) is 0 Å². The van der Waals surface area contributed by atoms with Gasteiger partial charge >= 0.3 is 5.97 Å². The van der Waals surface area contributed by atoms with Crippen LogP contribution in [0.5, 0.6) is 0 Å². The Balaban J connectivity index is 1.81. The summed E-state index contributed by atoms with van der Waals surface area (Å²) in [5.41, 5.74) is 1.19. The monoisotopic (exact) mass is 373 g/mol. The van der Waals surface area contributed by atoms with Gasteiger partial charge < -0.3 is 10.1 Å². The fourth-order valence-corrected chi connectivity index (χ4v) is 3.21. The molecule has 1 aromatic heterocycles. The molecule has 1 N–H and O–H groups in total. The highest BCUT2D eigenvalue weighted by Crippen LogP contribution is 2.35. The zero-order valence-electron chi connectivity index (χ0n) is 15.6. The largest absolute Gasteiger partial charge is 0.462 e. The Morgan fingerprint density at radius 3 is 2.81 bits per heavy atom. The first-order valence-corrected chi connectivity index (χ1v) is 9.30. The molecule has 0 bridgehead atoms. The van der Waals surface area contributed by atoms with Gasteiger partial charge in [0, 0.05) is 11.3 Å². The zero-order valence-corrected chi connectivity index (χ0v) is 15.6. The van der Waals surface area contributed by atoms with Crippen molar-refractivity contribution in [2.75, 3.05) is 11.9 Å². The lowest BCUT2D eigenvalue weighted by molar-refractivity contribution is -0.139. The Labute approximate surface area is 157 Å². The molecule has 8 heteroatoms. The van der Waals surface area contributed by atoms with Gasteiger partial charge in [0.15, 0.2) is 0 Å². The summed E-state index contributed by atoms with van der Waals surface area (Å²) in [6.45, 7) is 4.23. The van der Waals surface area contributed by atoms with Crippen molar-refractivity contribution in [1.29, 1.82) is 0 Å². The number of tetrazole rings is 1. The molecule has 0 fully saturated rings. The summed E-state index contributed by atoms with van der Waals surface area (Å²) in [5, 5.41) is 14.5. The number of hydrogen-bond donors (Lipinski definition) is 1. The number of unbranched alkanes of at least 4 members (excludes halogenated alkanes) is 4. The number of carbonyl (C=O) groups excluding carboxylic acids is 1. The molecule has 3 rings (SSSR count). The molecular formula is C19H24FN5O2. The SMILES string of the molecule is CCCCCCCOC(=O)C1=C(C)Nc2nnnn2[C@H]1c1ccccc1F. The third kappa shape index (κ3) is 4.15. The Bertz CT molecular complexity index is 833. The third-order valence-corrected chi connectivity index (χ3v) is 4.61. The number of hydrogen-bond acceptors (Lipinski definition) is 6. The van der Waals surface area contributed by atoms with Crippen LogP contribution in [0.1, 0.15) is 57.6 Å². The second-order valence-corrected chi connectivity index (χ2v) is 6.58. The Morgan fingerprint density at radius 2 is 2.04 bits per heavy atom. The van der Waals surface area contributed by atoms with Crippen LogP contribution in [0.4, 0.5) is 10.3 Å². The number of esters is 1. The maximum Gasteiger partial charge on any atom is 0.338 e. The van der Waals surface area contributed by atoms with Crippen LogP contribution in [0.15, 0.2) is 35.5 Å². The Kier molecular flexibility index (Phi) is 6.16. The van der Waals surface area contributed by atoms with Gasteiger partial charge in [-0.1, -0.05) is 55.9 Å². The van der Waals surface area contributed by atoms with E-state index in [9.17, 15) is 9.18 Å². The van der Waals surface area contributed by atoms with Crippen molar-refractivity contribution in [3.8, 4) is 0 Å². The van der Waals surface area contributed by atoms with Crippen molar-refractivity contribution in [2.45, 2.75) is 52.0 Å². The first-order valence-electron chi connectivity index (χ1n) is 9.30. The molecule has 0 saturated heterocycles. The van der Waals surface area contributed by atoms with Crippen molar-refractivity contribution < 1.29 is 13.9 Å². The molecule has 27 heavy (non-hydrogen) atoms. The molecule has 144 valence electrons. The molecule has 1 aliphatic heterocycles. The minimum absolute atomic E-state index is 0.313. The van der Waals surface area contributed by atoms with Crippen LogP contribution in [0, 0.1) is 5.82 Å². The summed E-state index contributed by atoms with van der Waals surface area (Å²) in [5.74, 6) is -0.551. The quantitative estimate of drug-likeness (QED) is 0.562. The summed E-state index contributed by atoms with van der Waals surface area (Å²) in [4.78, 5) is 12.8. The summed E-state index contributed by atoms with van der Waals surface area (Å²) in [6.07, 6.45) is 5.30. The van der Waals surface area contributed by atoms with Crippen LogP contribution in [-0.4, -0.2) is 32.8 Å². The topological polar surface area (TPSA) is 81.9 Å². The number of ether oxygens (including phenoxy) is 1. The van der Waals surface area contributed by atoms with Gasteiger partial charge in [-0.2, -0.15) is 4.68 Å². The Morgan fingerprint density at radius 1 is 1.26 bits per heavy atom. The van der Waals surface area contributed by atoms with E-state index in [0.717, 1.165) is 25.7 Å². The molecule has 0 unspecified atom stereocenters. The van der Waals surface area contributed by atoms with E-state index in [1.807, 2.05) is 0 Å². The lowest BCUT2D eigenvalue weighted by Crippen LogP contribution is -2.30. The van der Waals surface area contributed by atoms with Crippen LogP contribution in [-0.2, 0) is 9.53 Å². The fourth-order valence-electron chi connectivity index (χ4n) is 3.21. The zero-order chi connectivity index (χ0) is 19.2. The van der Waals surface area contributed by atoms with Gasteiger partial charge in [-0.25, -0.2) is 9.18 Å². The van der Waals surface area contributed by atoms with Crippen LogP contribution >= 0.6 is 0 Å². The van der Waals surface area contributed by atoms with E-state index in [0.29, 0.717) is 29.4 Å². The molecule has 0 aliphatic carbocycles. The van der Waals surface area contributed by atoms with Crippen molar-refractivity contribution in [3.05, 3.63) is 46.9 Å². The molecule has 1 aliphatic rings. The predicted octanol–water partition coefficient (Wildman–Crippen LogP) is 3.61. The number of nitrogens with zero attached hydrogens (tertiary/aromatic N) is 4. The molecule has 0 radical (unpaired) electrons. The third-order valence-electron chi connectivity index (χ3n) is 4.61. The van der Waals surface area contributed by atoms with E-state index in [-0.39, 0.29) is 0 Å². The van der Waals surface area contributed by atoms with E-state index >= 15 is 0 Å². The van der Waals surface area contributed by atoms with Gasteiger partial charge in [-0.05, 0) is 29.8 Å². The minimum Gasteiger partial charge on any atom is -0.462 e. The first-order chi connectivity index (χ1) is 13.1. The van der Waals surface area contributed by atoms with Crippen LogP contribution in [0.2, 0.25) is 0 Å². The summed E-state index contributed by atoms with van der Waals surface area (Å²) >= 11 is 0. The number of carbonyl (C=O) groups is 1. The van der Waals surface area contributed by atoms with Gasteiger partial charge in [0.2, 0.25) is 5.95 Å². The molecule has 0 saturated carbocycles. The number of allylic oxidation sites excluding steroid dienone is 1. The van der Waals surface area contributed by atoms with Crippen molar-refractivity contribution >= 4 is 11.9 Å². The van der Waals surface area contributed by atoms with E-state index in [2.05, 4.69) is 27.8 Å². The molecule has 0 amide bonds. The molecule has 1 aromatic carbocycles. The van der Waals surface area contributed by atoms with Gasteiger partial charge in [0.25, 0.3) is 0 Å². The second kappa shape index (κ2) is 8.75. The molecule has 7 nitrogen and oxygen atoms in total. The normalized spacial score (nSPS) is 16.0. The summed E-state index contributed by atoms with van der Waals surface area (Å²) < 4.78 is 21.4. The van der Waals surface area contributed by atoms with E-state index in [1.165, 1.54) is 17.2 Å². The van der Waals surface area contributed by atoms with Gasteiger partial charge in [0.05, 0.1) is 12.2 Å². The average Bonchev–Trinajstić information content (AvgIpc) is 3.12. The number of aromatic nitrogens is 4. The van der Waals surface area contributed by atoms with Crippen molar-refractivity contribution in [2.24, 2.45) is 0 Å². The van der Waals surface area contributed by atoms with Gasteiger partial charge in [0.1, 0.15) is 11.9 Å². The molecule has 2 heterocycles. The van der Waals surface area contributed by atoms with E-state index < -0.39 is 17.8 Å². The van der Waals surface area contributed by atoms with Crippen LogP contribution in [0.3, 0.4) is 0 Å². The first kappa shape index (κ1) is 19.0. The smallest absolute Gasteiger partial charge is 0.338 e. The maximum atomic E-state index is 14.5. The second-order valence-electron chi connectivity index (χ2n) is 6.58. The fraction of sp³-hybridized carbons (Fsp3) is 0.474. The van der Waals surface area contributed by atoms with Crippen molar-refractivity contribution in [1.82, 2.24) is 20.2 Å². The number of anilines is 1. The van der Waals surface area contributed by atoms with Crippen LogP contribution < -0.4 is 5.32 Å². The number of benzene rings is 1. The predicted molar refractivity (Wildman–Crippen MR) is 98.4 cm³/mol. The molecule has 0 spiro atoms. The molecule has 1 atom stereocenters. The summed E-state index contributed by atoms with van der Waals surface area (Å²) in [7, 11) is 0. The molecular weight excluding hydrogens is 349 g/mol. The van der Waals surface area contributed by atoms with Crippen LogP contribution in [0.25, 0.3) is 0 Å². The summed E-state index contributed by atoms with van der Waals surface area (Å²) in [6, 6.07) is 5.53. The molecule has 2 aromatic rings. The highest BCUT2D eigenvalue weighted by atomic mass is 19.1. The maximum absolute atomic E-state index is 14.5.